The number of anilines is 3. The van der Waals surface area contributed by atoms with E-state index in [9.17, 15) is 0 Å². The zero-order chi connectivity index (χ0) is 30.8. The predicted molar refractivity (Wildman–Crippen MR) is 184 cm³/mol. The van der Waals surface area contributed by atoms with Gasteiger partial charge in [0.2, 0.25) is 0 Å². The van der Waals surface area contributed by atoms with E-state index in [1.54, 1.807) is 37.2 Å². The fourth-order valence-corrected chi connectivity index (χ4v) is 5.41. The molecule has 9 nitrogen and oxygen atoms in total. The average Bonchev–Trinajstić information content (AvgIpc) is 3.09. The molecule has 0 bridgehead atoms. The molecule has 10 heteroatoms. The van der Waals surface area contributed by atoms with Crippen molar-refractivity contribution in [2.75, 3.05) is 17.2 Å². The van der Waals surface area contributed by atoms with Crippen LogP contribution in [0.3, 0.4) is 0 Å². The average molecular weight is 642 g/mol. The molecule has 46 heavy (non-hydrogen) atoms. The Bertz CT molecular complexity index is 2220. The molecule has 0 fully saturated rings. The van der Waals surface area contributed by atoms with Gasteiger partial charge in [-0.1, -0.05) is 18.2 Å². The number of fused-ring (bicyclic) bond motifs is 9. The molecule has 6 N–H and O–H groups in total. The van der Waals surface area contributed by atoms with E-state index in [4.69, 9.17) is 17.2 Å². The van der Waals surface area contributed by atoms with Gasteiger partial charge in [0.1, 0.15) is 0 Å². The van der Waals surface area contributed by atoms with Gasteiger partial charge < -0.3 is 17.2 Å². The van der Waals surface area contributed by atoms with Crippen molar-refractivity contribution in [1.29, 1.82) is 0 Å². The quantitative estimate of drug-likeness (QED) is 0.0894. The minimum absolute atomic E-state index is 0. The van der Waals surface area contributed by atoms with E-state index in [0.29, 0.717) is 0 Å². The summed E-state index contributed by atoms with van der Waals surface area (Å²) in [6.45, 7) is 0. The first-order valence-electron chi connectivity index (χ1n) is 14.2. The zero-order valence-electron chi connectivity index (χ0n) is 24.4. The van der Waals surface area contributed by atoms with Gasteiger partial charge in [0, 0.05) is 86.6 Å². The third-order valence-electron chi connectivity index (χ3n) is 7.48. The van der Waals surface area contributed by atoms with Crippen LogP contribution >= 0.6 is 0 Å². The van der Waals surface area contributed by atoms with Crippen LogP contribution in [-0.2, 0) is 17.1 Å². The third kappa shape index (κ3) is 5.66. The number of pyridine rings is 6. The van der Waals surface area contributed by atoms with Gasteiger partial charge in [-0.05, 0) is 72.8 Å². The second kappa shape index (κ2) is 13.0. The molecule has 0 aliphatic rings. The van der Waals surface area contributed by atoms with Crippen LogP contribution in [-0.4, -0.2) is 29.9 Å². The first kappa shape index (κ1) is 30.1. The number of rotatable bonds is 0. The summed E-state index contributed by atoms with van der Waals surface area (Å²) < 4.78 is 0. The van der Waals surface area contributed by atoms with Gasteiger partial charge in [0.05, 0.1) is 33.1 Å². The second-order valence-corrected chi connectivity index (χ2v) is 10.3. The van der Waals surface area contributed by atoms with Crippen molar-refractivity contribution in [2.24, 2.45) is 0 Å². The summed E-state index contributed by atoms with van der Waals surface area (Å²) in [6.07, 6.45) is 10.6. The van der Waals surface area contributed by atoms with Crippen LogP contribution in [0.4, 0.5) is 17.1 Å². The maximum Gasteiger partial charge on any atom is 2.00 e. The van der Waals surface area contributed by atoms with E-state index in [1.807, 2.05) is 91.0 Å². The van der Waals surface area contributed by atoms with E-state index in [1.165, 1.54) is 0 Å². The van der Waals surface area contributed by atoms with Crippen LogP contribution in [0.5, 0.6) is 0 Å². The van der Waals surface area contributed by atoms with Crippen molar-refractivity contribution in [3.63, 3.8) is 0 Å². The first-order chi connectivity index (χ1) is 22.1. The molecule has 9 rings (SSSR count). The summed E-state index contributed by atoms with van der Waals surface area (Å²) in [4.78, 5) is 26.0. The summed E-state index contributed by atoms with van der Waals surface area (Å²) in [6, 6.07) is 29.0. The number of nitrogens with zero attached hydrogens (tertiary/aromatic N) is 6. The fourth-order valence-electron chi connectivity index (χ4n) is 5.41. The molecule has 3 aromatic carbocycles. The summed E-state index contributed by atoms with van der Waals surface area (Å²) >= 11 is 0. The third-order valence-corrected chi connectivity index (χ3v) is 7.48. The molecule has 222 valence electrons. The number of nitrogen functional groups attached to an aromatic ring is 3. The summed E-state index contributed by atoms with van der Waals surface area (Å²) in [7, 11) is 0. The van der Waals surface area contributed by atoms with Crippen LogP contribution in [0, 0.1) is 0 Å². The number of nitrogens with two attached hydrogens (primary N) is 3. The first-order valence-corrected chi connectivity index (χ1v) is 14.2. The molecule has 0 aliphatic heterocycles. The minimum Gasteiger partial charge on any atom is -0.398 e. The van der Waals surface area contributed by atoms with Gasteiger partial charge in [0.25, 0.3) is 0 Å². The van der Waals surface area contributed by atoms with Crippen LogP contribution in [0.1, 0.15) is 0 Å². The molecule has 9 aromatic rings. The van der Waals surface area contributed by atoms with Crippen molar-refractivity contribution in [1.82, 2.24) is 29.9 Å². The number of benzene rings is 3. The van der Waals surface area contributed by atoms with E-state index in [-0.39, 0.29) is 17.1 Å². The van der Waals surface area contributed by atoms with Crippen molar-refractivity contribution >= 4 is 82.5 Å². The number of hydrogen-bond acceptors (Lipinski definition) is 9. The van der Waals surface area contributed by atoms with Gasteiger partial charge >= 0.3 is 17.1 Å². The monoisotopic (exact) mass is 641 g/mol. The zero-order valence-corrected chi connectivity index (χ0v) is 25.5. The SMILES string of the molecule is Nc1cc2cccnc2c2ncccc12.Nc1cc2cccnc2c2ncccc12.Nc1cc2cccnc2c2ncccc12.[Fe+2]. The van der Waals surface area contributed by atoms with Crippen molar-refractivity contribution in [3.8, 4) is 0 Å². The minimum atomic E-state index is 0. The summed E-state index contributed by atoms with van der Waals surface area (Å²) in [5.74, 6) is 0. The Kier molecular flexibility index (Phi) is 8.47. The smallest absolute Gasteiger partial charge is 0.398 e. The Labute approximate surface area is 274 Å². The maximum absolute atomic E-state index is 5.95. The molecule has 0 radical (unpaired) electrons. The van der Waals surface area contributed by atoms with Crippen LogP contribution < -0.4 is 17.2 Å². The molecule has 0 amide bonds. The maximum atomic E-state index is 5.95. The Balaban J connectivity index is 0.000000120. The van der Waals surface area contributed by atoms with Crippen molar-refractivity contribution < 1.29 is 17.1 Å². The molecule has 0 atom stereocenters. The molecule has 6 aromatic heterocycles. The van der Waals surface area contributed by atoms with Crippen LogP contribution in [0.2, 0.25) is 0 Å². The summed E-state index contributed by atoms with van der Waals surface area (Å²) in [5, 5.41) is 5.97. The molecule has 0 saturated carbocycles. The molecule has 6 heterocycles. The molecule has 0 aliphatic carbocycles. The molecule has 0 unspecified atom stereocenters. The molecular weight excluding hydrogens is 614 g/mol. The predicted octanol–water partition coefficient (Wildman–Crippen LogP) is 7.09. The molecular formula is C36H27FeN9+2. The van der Waals surface area contributed by atoms with E-state index in [2.05, 4.69) is 29.9 Å². The van der Waals surface area contributed by atoms with E-state index >= 15 is 0 Å². The Morgan fingerprint density at radius 1 is 0.326 bits per heavy atom. The Hall–Kier alpha value is -5.96. The van der Waals surface area contributed by atoms with Gasteiger partial charge in [0.15, 0.2) is 0 Å². The van der Waals surface area contributed by atoms with Gasteiger partial charge in [-0.25, -0.2) is 0 Å². The standard InChI is InChI=1S/3C12H9N3.Fe/c3*13-10-7-8-3-1-5-14-11(8)12-9(10)4-2-6-15-12;/h3*1-7H,13H2;/q;;;+2. The van der Waals surface area contributed by atoms with Crippen LogP contribution in [0.25, 0.3) is 65.4 Å². The van der Waals surface area contributed by atoms with Gasteiger partial charge in [-0.3, -0.25) is 29.9 Å². The second-order valence-electron chi connectivity index (χ2n) is 10.3. The number of hydrogen-bond donors (Lipinski definition) is 3. The van der Waals surface area contributed by atoms with Gasteiger partial charge in [-0.2, -0.15) is 0 Å². The van der Waals surface area contributed by atoms with Gasteiger partial charge in [-0.15, -0.1) is 0 Å². The number of aromatic nitrogens is 6. The normalized spacial score (nSPS) is 10.7. The van der Waals surface area contributed by atoms with Crippen molar-refractivity contribution in [2.45, 2.75) is 0 Å². The van der Waals surface area contributed by atoms with Crippen molar-refractivity contribution in [3.05, 3.63) is 128 Å². The topological polar surface area (TPSA) is 155 Å². The molecule has 0 saturated heterocycles. The van der Waals surface area contributed by atoms with E-state index < -0.39 is 0 Å². The largest absolute Gasteiger partial charge is 2.00 e. The Morgan fingerprint density at radius 2 is 0.565 bits per heavy atom. The fraction of sp³-hybridized carbons (Fsp3) is 0. The molecule has 0 spiro atoms. The van der Waals surface area contributed by atoms with E-state index in [0.717, 1.165) is 82.5 Å². The Morgan fingerprint density at radius 3 is 0.848 bits per heavy atom. The van der Waals surface area contributed by atoms with Crippen LogP contribution in [0.15, 0.2) is 128 Å². The summed E-state index contributed by atoms with van der Waals surface area (Å²) in [5.41, 5.74) is 25.4.